The Morgan fingerprint density at radius 3 is 2.26 bits per heavy atom. The molecule has 0 bridgehead atoms. The summed E-state index contributed by atoms with van der Waals surface area (Å²) in [7, 11) is -1.34. The minimum Gasteiger partial charge on any atom is -0.305 e. The van der Waals surface area contributed by atoms with Crippen molar-refractivity contribution in [2.75, 3.05) is 0 Å². The van der Waals surface area contributed by atoms with Gasteiger partial charge in [0.05, 0.1) is 8.07 Å². The summed E-state index contributed by atoms with van der Waals surface area (Å²) in [5.41, 5.74) is 9.80. The van der Waals surface area contributed by atoms with Gasteiger partial charge in [0.25, 0.3) is 0 Å². The first-order chi connectivity index (χ1) is 25.5. The molecule has 0 spiro atoms. The molecule has 0 amide bonds. The summed E-state index contributed by atoms with van der Waals surface area (Å²) in [6.45, 7) is 16.6. The van der Waals surface area contributed by atoms with E-state index in [4.69, 9.17) is 4.98 Å². The molecule has 8 rings (SSSR count). The molecule has 1 radical (unpaired) electrons. The van der Waals surface area contributed by atoms with Crippen LogP contribution in [0.4, 0.5) is 0 Å². The Balaban J connectivity index is 0.000000205. The maximum absolute atomic E-state index is 4.85. The van der Waals surface area contributed by atoms with Crippen LogP contribution in [0.1, 0.15) is 64.5 Å². The summed E-state index contributed by atoms with van der Waals surface area (Å²) in [5.74, 6) is 1.42. The fourth-order valence-electron chi connectivity index (χ4n) is 8.14. The van der Waals surface area contributed by atoms with Crippen LogP contribution in [0.2, 0.25) is 19.6 Å². The Morgan fingerprint density at radius 1 is 0.833 bits per heavy atom. The number of benzene rings is 4. The van der Waals surface area contributed by atoms with Crippen molar-refractivity contribution in [1.29, 1.82) is 0 Å². The molecule has 4 aromatic carbocycles. The Hall–Kier alpha value is -3.73. The van der Waals surface area contributed by atoms with Gasteiger partial charge in [0.15, 0.2) is 0 Å². The molecule has 1 fully saturated rings. The van der Waals surface area contributed by atoms with E-state index in [1.165, 1.54) is 73.3 Å². The van der Waals surface area contributed by atoms with E-state index in [9.17, 15) is 0 Å². The molecule has 7 aromatic rings. The average Bonchev–Trinajstić information content (AvgIpc) is 3.85. The summed E-state index contributed by atoms with van der Waals surface area (Å²) in [6.07, 6.45) is 10.6. The van der Waals surface area contributed by atoms with Gasteiger partial charge < -0.3 is 9.97 Å². The summed E-state index contributed by atoms with van der Waals surface area (Å²) < 4.78 is 2.59. The molecule has 0 N–H and O–H groups in total. The number of hydrogen-bond donors (Lipinski definition) is 0. The van der Waals surface area contributed by atoms with E-state index in [1.807, 2.05) is 35.7 Å². The molecule has 0 saturated heterocycles. The van der Waals surface area contributed by atoms with Crippen LogP contribution in [-0.2, 0) is 31.9 Å². The molecule has 1 aliphatic carbocycles. The molecule has 5 heteroatoms. The molecule has 2 nitrogen and oxygen atoms in total. The SMILES string of the molecule is CC(C)(c1ccnc(-c2[c-]cc(-c3ccccc3)c3c2sc2ccccc23)c1)C1CCCC1.CC(C)Cc1cc(-c2[c-]cccc2)ncc1[Si](C)(C)C.[Ir]. The third kappa shape index (κ3) is 8.56. The predicted octanol–water partition coefficient (Wildman–Crippen LogP) is 13.3. The van der Waals surface area contributed by atoms with Gasteiger partial charge in [0, 0.05) is 37.2 Å². The van der Waals surface area contributed by atoms with Gasteiger partial charge in [0.1, 0.15) is 0 Å². The molecule has 0 atom stereocenters. The first-order valence-corrected chi connectivity index (χ1v) is 23.7. The van der Waals surface area contributed by atoms with Gasteiger partial charge in [-0.1, -0.05) is 143 Å². The largest absolute Gasteiger partial charge is 0.305 e. The number of rotatable bonds is 8. The van der Waals surface area contributed by atoms with Gasteiger partial charge in [-0.3, -0.25) is 0 Å². The zero-order chi connectivity index (χ0) is 37.2. The van der Waals surface area contributed by atoms with Crippen LogP contribution in [0.5, 0.6) is 0 Å². The summed E-state index contributed by atoms with van der Waals surface area (Å²) in [4.78, 5) is 9.53. The minimum absolute atomic E-state index is 0. The molecule has 279 valence electrons. The van der Waals surface area contributed by atoms with Gasteiger partial charge in [-0.15, -0.1) is 53.6 Å². The standard InChI is InChI=1S/C31H28NS.C18H24NSi.Ir/c1-31(2,22-12-6-7-13-22)23-18-19-32-27(20-23)25-17-16-24(21-10-4-3-5-11-21)29-26-14-8-9-15-28(26)33-30(25)29;1-14(2)11-16-12-17(15-9-7-6-8-10-15)19-13-18(16)20(3,4)5;/h3-5,8-11,14-16,18-20,22H,6-7,12-13H2,1-2H3;6-9,12-14H,11H2,1-5H3;/q2*-1;. The Kier molecular flexibility index (Phi) is 12.5. The minimum atomic E-state index is -1.34. The number of pyridine rings is 2. The van der Waals surface area contributed by atoms with E-state index >= 15 is 0 Å². The van der Waals surface area contributed by atoms with Crippen LogP contribution in [0, 0.1) is 24.0 Å². The second kappa shape index (κ2) is 17.0. The maximum Gasteiger partial charge on any atom is 0.0798 e. The second-order valence-corrected chi connectivity index (χ2v) is 22.8. The molecule has 1 saturated carbocycles. The quantitative estimate of drug-likeness (QED) is 0.112. The third-order valence-corrected chi connectivity index (χ3v) is 14.3. The van der Waals surface area contributed by atoms with Crippen molar-refractivity contribution in [2.24, 2.45) is 11.8 Å². The summed E-state index contributed by atoms with van der Waals surface area (Å²) >= 11 is 1.86. The molecule has 0 unspecified atom stereocenters. The van der Waals surface area contributed by atoms with E-state index < -0.39 is 8.07 Å². The summed E-state index contributed by atoms with van der Waals surface area (Å²) in [6, 6.07) is 43.4. The number of thiophene rings is 1. The van der Waals surface area contributed by atoms with Gasteiger partial charge in [-0.25, -0.2) is 0 Å². The number of aromatic nitrogens is 2. The zero-order valence-corrected chi connectivity index (χ0v) is 37.0. The number of fused-ring (bicyclic) bond motifs is 3. The van der Waals surface area contributed by atoms with Crippen molar-refractivity contribution >= 4 is 44.8 Å². The average molecular weight is 921 g/mol. The predicted molar refractivity (Wildman–Crippen MR) is 232 cm³/mol. The van der Waals surface area contributed by atoms with E-state index in [-0.39, 0.29) is 25.5 Å². The molecule has 54 heavy (non-hydrogen) atoms. The van der Waals surface area contributed by atoms with Gasteiger partial charge in [0.2, 0.25) is 0 Å². The normalized spacial score (nSPS) is 13.6. The van der Waals surface area contributed by atoms with Crippen molar-refractivity contribution in [1.82, 2.24) is 9.97 Å². The number of nitrogens with zero attached hydrogens (tertiary/aromatic N) is 2. The van der Waals surface area contributed by atoms with Crippen LogP contribution in [-0.4, -0.2) is 18.0 Å². The Labute approximate surface area is 341 Å². The molecule has 0 aliphatic heterocycles. The number of hydrogen-bond acceptors (Lipinski definition) is 3. The summed E-state index contributed by atoms with van der Waals surface area (Å²) in [5, 5.41) is 4.12. The second-order valence-electron chi connectivity index (χ2n) is 16.7. The van der Waals surface area contributed by atoms with E-state index in [1.54, 1.807) is 0 Å². The maximum atomic E-state index is 4.85. The molecular formula is C49H52IrN2SSi-2. The molecule has 3 aromatic heterocycles. The smallest absolute Gasteiger partial charge is 0.0798 e. The molecule has 3 heterocycles. The van der Waals surface area contributed by atoms with Crippen LogP contribution < -0.4 is 5.19 Å². The van der Waals surface area contributed by atoms with E-state index in [2.05, 4.69) is 156 Å². The van der Waals surface area contributed by atoms with Crippen LogP contribution in [0.15, 0.2) is 116 Å². The molecule has 1 aliphatic rings. The topological polar surface area (TPSA) is 25.8 Å². The van der Waals surface area contributed by atoms with Gasteiger partial charge >= 0.3 is 0 Å². The Morgan fingerprint density at radius 2 is 1.56 bits per heavy atom. The van der Waals surface area contributed by atoms with Gasteiger partial charge in [-0.05, 0) is 80.9 Å². The fraction of sp³-hybridized carbons (Fsp3) is 0.306. The van der Waals surface area contributed by atoms with Crippen molar-refractivity contribution < 1.29 is 20.1 Å². The van der Waals surface area contributed by atoms with E-state index in [0.29, 0.717) is 5.92 Å². The third-order valence-electron chi connectivity index (χ3n) is 11.1. The van der Waals surface area contributed by atoms with Crippen LogP contribution in [0.25, 0.3) is 53.8 Å². The van der Waals surface area contributed by atoms with Gasteiger partial charge in [-0.2, -0.15) is 11.3 Å². The monoisotopic (exact) mass is 921 g/mol. The first-order valence-electron chi connectivity index (χ1n) is 19.4. The fourth-order valence-corrected chi connectivity index (χ4v) is 11.0. The van der Waals surface area contributed by atoms with Crippen molar-refractivity contribution in [3.63, 3.8) is 0 Å². The Bertz CT molecular complexity index is 2320. The first kappa shape index (κ1) is 39.9. The van der Waals surface area contributed by atoms with Crippen LogP contribution >= 0.6 is 11.3 Å². The zero-order valence-electron chi connectivity index (χ0n) is 32.8. The van der Waals surface area contributed by atoms with Crippen molar-refractivity contribution in [3.8, 4) is 33.6 Å². The van der Waals surface area contributed by atoms with Crippen LogP contribution in [0.3, 0.4) is 0 Å². The molecular weight excluding hydrogens is 869 g/mol. The van der Waals surface area contributed by atoms with E-state index in [0.717, 1.165) is 34.9 Å². The van der Waals surface area contributed by atoms with Crippen molar-refractivity contribution in [2.45, 2.75) is 84.9 Å². The van der Waals surface area contributed by atoms with Crippen molar-refractivity contribution in [3.05, 3.63) is 139 Å².